The van der Waals surface area contributed by atoms with Crippen LogP contribution in [0.25, 0.3) is 0 Å². The summed E-state index contributed by atoms with van der Waals surface area (Å²) in [5.74, 6) is 0.776. The summed E-state index contributed by atoms with van der Waals surface area (Å²) in [5, 5.41) is 6.64. The Kier molecular flexibility index (Phi) is 5.42. The quantitative estimate of drug-likeness (QED) is 0.807. The number of rotatable bonds is 5. The van der Waals surface area contributed by atoms with Crippen LogP contribution in [0, 0.1) is 5.92 Å². The summed E-state index contributed by atoms with van der Waals surface area (Å²) in [4.78, 5) is 33.1. The molecule has 3 saturated heterocycles. The molecular formula is C17H24ClN5O2. The Morgan fingerprint density at radius 3 is 2.84 bits per heavy atom. The molecule has 0 saturated carbocycles. The van der Waals surface area contributed by atoms with E-state index in [2.05, 4.69) is 21.3 Å². The third kappa shape index (κ3) is 4.21. The van der Waals surface area contributed by atoms with Gasteiger partial charge in [0.2, 0.25) is 17.1 Å². The van der Waals surface area contributed by atoms with E-state index in [9.17, 15) is 9.59 Å². The number of piperidine rings is 1. The fourth-order valence-corrected chi connectivity index (χ4v) is 3.68. The van der Waals surface area contributed by atoms with Crippen LogP contribution >= 0.6 is 11.6 Å². The first kappa shape index (κ1) is 17.9. The van der Waals surface area contributed by atoms with E-state index >= 15 is 0 Å². The van der Waals surface area contributed by atoms with Crippen molar-refractivity contribution in [2.24, 2.45) is 5.92 Å². The van der Waals surface area contributed by atoms with Crippen molar-refractivity contribution < 1.29 is 9.59 Å². The molecule has 7 nitrogen and oxygen atoms in total. The molecule has 4 heterocycles. The lowest BCUT2D eigenvalue weighted by molar-refractivity contribution is -0.139. The van der Waals surface area contributed by atoms with Crippen molar-refractivity contribution in [2.45, 2.75) is 45.6 Å². The fraction of sp³-hybridized carbons (Fsp3) is 0.647. The highest BCUT2D eigenvalue weighted by atomic mass is 35.5. The Hall–Kier alpha value is -1.89. The van der Waals surface area contributed by atoms with Gasteiger partial charge < -0.3 is 9.80 Å². The molecule has 3 aliphatic rings. The monoisotopic (exact) mass is 365 g/mol. The van der Waals surface area contributed by atoms with E-state index in [4.69, 9.17) is 11.6 Å². The predicted molar refractivity (Wildman–Crippen MR) is 93.9 cm³/mol. The molecule has 0 unspecified atom stereocenters. The highest BCUT2D eigenvalue weighted by Crippen LogP contribution is 2.29. The van der Waals surface area contributed by atoms with Crippen molar-refractivity contribution in [3.8, 4) is 0 Å². The van der Waals surface area contributed by atoms with Gasteiger partial charge in [0.25, 0.3) is 0 Å². The van der Waals surface area contributed by atoms with Gasteiger partial charge in [0.05, 0.1) is 5.92 Å². The van der Waals surface area contributed by atoms with Gasteiger partial charge in [-0.3, -0.25) is 14.7 Å². The van der Waals surface area contributed by atoms with Crippen LogP contribution in [0.4, 0.5) is 0 Å². The molecule has 1 N–H and O–H groups in total. The molecule has 4 rings (SSSR count). The van der Waals surface area contributed by atoms with Crippen LogP contribution in [0.1, 0.15) is 38.9 Å². The Morgan fingerprint density at radius 2 is 2.16 bits per heavy atom. The summed E-state index contributed by atoms with van der Waals surface area (Å²) in [6.45, 7) is 5.85. The number of H-pyrrole nitrogens is 1. The number of halogens is 1. The number of aryl methyl sites for hydroxylation is 1. The van der Waals surface area contributed by atoms with Crippen LogP contribution in [-0.2, 0) is 16.0 Å². The molecular weight excluding hydrogens is 342 g/mol. The highest BCUT2D eigenvalue weighted by Gasteiger charge is 2.41. The molecule has 2 amide bonds. The molecule has 8 heteroatoms. The summed E-state index contributed by atoms with van der Waals surface area (Å²) in [6, 6.07) is 0.116. The first-order valence-electron chi connectivity index (χ1n) is 8.72. The molecule has 0 aromatic carbocycles. The van der Waals surface area contributed by atoms with Gasteiger partial charge in [-0.15, -0.1) is 5.10 Å². The van der Waals surface area contributed by atoms with E-state index in [0.717, 1.165) is 12.8 Å². The van der Waals surface area contributed by atoms with E-state index in [1.54, 1.807) is 0 Å². The number of fused-ring (bicyclic) bond motifs is 4. The summed E-state index contributed by atoms with van der Waals surface area (Å²) >= 11 is 5.68. The third-order valence-electron chi connectivity index (χ3n) is 4.92. The van der Waals surface area contributed by atoms with Crippen LogP contribution in [0.15, 0.2) is 11.6 Å². The van der Waals surface area contributed by atoms with Crippen molar-refractivity contribution in [2.75, 3.05) is 19.6 Å². The minimum Gasteiger partial charge on any atom is -0.340 e. The molecule has 3 aliphatic heterocycles. The molecule has 0 aliphatic carbocycles. The second-order valence-corrected chi connectivity index (χ2v) is 7.39. The number of amides is 2. The van der Waals surface area contributed by atoms with Gasteiger partial charge in [0.1, 0.15) is 5.82 Å². The molecule has 25 heavy (non-hydrogen) atoms. The average Bonchev–Trinajstić information content (AvgIpc) is 2.80. The van der Waals surface area contributed by atoms with Crippen molar-refractivity contribution in [1.82, 2.24) is 25.0 Å². The lowest BCUT2D eigenvalue weighted by Crippen LogP contribution is -2.48. The van der Waals surface area contributed by atoms with Crippen molar-refractivity contribution in [1.29, 1.82) is 0 Å². The minimum absolute atomic E-state index is 0.0567. The van der Waals surface area contributed by atoms with Crippen LogP contribution in [-0.4, -0.2) is 62.5 Å². The van der Waals surface area contributed by atoms with Crippen LogP contribution in [0.5, 0.6) is 0 Å². The third-order valence-corrected chi connectivity index (χ3v) is 5.09. The summed E-state index contributed by atoms with van der Waals surface area (Å²) in [6.07, 6.45) is 4.73. The van der Waals surface area contributed by atoms with Gasteiger partial charge in [-0.2, -0.15) is 0 Å². The molecule has 136 valence electrons. The summed E-state index contributed by atoms with van der Waals surface area (Å²) in [5.41, 5.74) is 1.20. The van der Waals surface area contributed by atoms with Gasteiger partial charge in [-0.1, -0.05) is 11.6 Å². The SMILES string of the molecule is CC(C)=CCN1C(=O)[C@H]2CC[C@@H]1CN(C(=O)CCc1nc(Cl)n[nH]1)C2. The van der Waals surface area contributed by atoms with Crippen LogP contribution < -0.4 is 0 Å². The number of aromatic amines is 1. The molecule has 0 spiro atoms. The molecule has 1 aromatic heterocycles. The standard InChI is InChI=1S/C17H24ClN5O2/c1-11(2)7-8-23-13-4-3-12(16(23)25)9-22(10-13)15(24)6-5-14-19-17(18)21-20-14/h7,12-13H,3-6,8-10H2,1-2H3,(H,19,20,21)/t12-,13+/m0/s1. The predicted octanol–water partition coefficient (Wildman–Crippen LogP) is 1.81. The van der Waals surface area contributed by atoms with Crippen molar-refractivity contribution in [3.05, 3.63) is 22.8 Å². The Morgan fingerprint density at radius 1 is 1.36 bits per heavy atom. The lowest BCUT2D eigenvalue weighted by Gasteiger charge is -2.35. The van der Waals surface area contributed by atoms with Crippen LogP contribution in [0.3, 0.4) is 0 Å². The fourth-order valence-electron chi connectivity index (χ4n) is 3.53. The zero-order valence-electron chi connectivity index (χ0n) is 14.7. The number of nitrogens with zero attached hydrogens (tertiary/aromatic N) is 4. The van der Waals surface area contributed by atoms with E-state index in [0.29, 0.717) is 38.3 Å². The summed E-state index contributed by atoms with van der Waals surface area (Å²) in [7, 11) is 0. The smallest absolute Gasteiger partial charge is 0.242 e. The second kappa shape index (κ2) is 7.56. The number of carbonyl (C=O) groups is 2. The lowest BCUT2D eigenvalue weighted by atomic mass is 9.94. The first-order chi connectivity index (χ1) is 11.9. The zero-order valence-corrected chi connectivity index (χ0v) is 15.4. The van der Waals surface area contributed by atoms with E-state index in [-0.39, 0.29) is 29.1 Å². The normalized spacial score (nSPS) is 22.9. The van der Waals surface area contributed by atoms with E-state index < -0.39 is 0 Å². The van der Waals surface area contributed by atoms with Gasteiger partial charge in [0, 0.05) is 38.5 Å². The first-order valence-corrected chi connectivity index (χ1v) is 9.10. The molecule has 3 fully saturated rings. The maximum Gasteiger partial charge on any atom is 0.242 e. The minimum atomic E-state index is -0.0759. The Balaban J connectivity index is 1.63. The van der Waals surface area contributed by atoms with Gasteiger partial charge >= 0.3 is 0 Å². The van der Waals surface area contributed by atoms with E-state index in [1.807, 2.05) is 23.6 Å². The molecule has 0 radical (unpaired) electrons. The van der Waals surface area contributed by atoms with Gasteiger partial charge in [-0.05, 0) is 38.3 Å². The maximum absolute atomic E-state index is 12.7. The number of aromatic nitrogens is 3. The molecule has 2 atom stereocenters. The maximum atomic E-state index is 12.7. The van der Waals surface area contributed by atoms with Gasteiger partial charge in [0.15, 0.2) is 0 Å². The topological polar surface area (TPSA) is 82.2 Å². The van der Waals surface area contributed by atoms with Gasteiger partial charge in [-0.25, -0.2) is 4.98 Å². The molecule has 1 aromatic rings. The highest BCUT2D eigenvalue weighted by molar-refractivity contribution is 6.28. The Labute approximate surface area is 152 Å². The Bertz CT molecular complexity index is 682. The second-order valence-electron chi connectivity index (χ2n) is 7.05. The number of nitrogens with one attached hydrogen (secondary N) is 1. The van der Waals surface area contributed by atoms with Crippen molar-refractivity contribution >= 4 is 23.4 Å². The van der Waals surface area contributed by atoms with E-state index in [1.165, 1.54) is 5.57 Å². The summed E-state index contributed by atoms with van der Waals surface area (Å²) < 4.78 is 0. The largest absolute Gasteiger partial charge is 0.340 e. The van der Waals surface area contributed by atoms with Crippen LogP contribution in [0.2, 0.25) is 5.28 Å². The average molecular weight is 366 g/mol. The molecule has 2 bridgehead atoms. The number of carbonyl (C=O) groups excluding carboxylic acids is 2. The number of hydrogen-bond acceptors (Lipinski definition) is 4. The number of hydrogen-bond donors (Lipinski definition) is 1. The van der Waals surface area contributed by atoms with Crippen molar-refractivity contribution in [3.63, 3.8) is 0 Å². The number of allylic oxidation sites excluding steroid dienone is 1. The zero-order chi connectivity index (χ0) is 18.0.